The molecule has 2 rings (SSSR count). The van der Waals surface area contributed by atoms with E-state index in [1.54, 1.807) is 0 Å². The largest absolute Gasteiger partial charge is 0.463 e. The van der Waals surface area contributed by atoms with E-state index >= 15 is 0 Å². The maximum absolute atomic E-state index is 5.45. The van der Waals surface area contributed by atoms with Gasteiger partial charge in [-0.25, -0.2) is 5.84 Å². The lowest BCUT2D eigenvalue weighted by molar-refractivity contribution is 0.288. The van der Waals surface area contributed by atoms with Gasteiger partial charge in [0.15, 0.2) is 0 Å². The van der Waals surface area contributed by atoms with Crippen LogP contribution in [-0.2, 0) is 0 Å². The van der Waals surface area contributed by atoms with Gasteiger partial charge < -0.3 is 4.74 Å². The second-order valence-electron chi connectivity index (χ2n) is 4.57. The molecule has 0 bridgehead atoms. The Kier molecular flexibility index (Phi) is 5.35. The summed E-state index contributed by atoms with van der Waals surface area (Å²) < 4.78 is 5.45. The summed E-state index contributed by atoms with van der Waals surface area (Å²) in [5.41, 5.74) is 4.92. The van der Waals surface area contributed by atoms with Crippen molar-refractivity contribution in [3.63, 3.8) is 0 Å². The van der Waals surface area contributed by atoms with Crippen molar-refractivity contribution in [1.82, 2.24) is 15.0 Å². The van der Waals surface area contributed by atoms with Crippen molar-refractivity contribution in [2.75, 3.05) is 12.0 Å². The third kappa shape index (κ3) is 4.30. The Hall–Kier alpha value is -1.86. The average Bonchev–Trinajstić information content (AvgIpc) is 2.48. The molecular formula is C14H19N5OS. The predicted molar refractivity (Wildman–Crippen MR) is 83.5 cm³/mol. The highest BCUT2D eigenvalue weighted by Gasteiger charge is 2.09. The number of ether oxygens (including phenoxy) is 1. The second kappa shape index (κ2) is 7.24. The minimum atomic E-state index is 0.283. The lowest BCUT2D eigenvalue weighted by Crippen LogP contribution is -2.13. The molecule has 1 aromatic heterocycles. The number of aromatic nitrogens is 3. The first-order valence-corrected chi connectivity index (χ1v) is 7.54. The predicted octanol–water partition coefficient (Wildman–Crippen LogP) is 2.71. The van der Waals surface area contributed by atoms with Crippen LogP contribution < -0.4 is 16.0 Å². The summed E-state index contributed by atoms with van der Waals surface area (Å²) in [6.45, 7) is 6.74. The summed E-state index contributed by atoms with van der Waals surface area (Å²) >= 11 is 1.45. The zero-order valence-corrected chi connectivity index (χ0v) is 13.2. The minimum absolute atomic E-state index is 0.283. The fourth-order valence-corrected chi connectivity index (χ4v) is 2.43. The molecule has 0 atom stereocenters. The van der Waals surface area contributed by atoms with Gasteiger partial charge in [0, 0.05) is 4.90 Å². The Bertz CT molecular complexity index is 620. The van der Waals surface area contributed by atoms with Gasteiger partial charge in [-0.15, -0.1) is 0 Å². The molecule has 6 nitrogen and oxygen atoms in total. The smallest absolute Gasteiger partial charge is 0.322 e. The molecule has 1 aromatic carbocycles. The zero-order chi connectivity index (χ0) is 15.2. The van der Waals surface area contributed by atoms with Crippen LogP contribution in [0.2, 0.25) is 0 Å². The highest BCUT2D eigenvalue weighted by atomic mass is 32.2. The molecule has 0 radical (unpaired) electrons. The van der Waals surface area contributed by atoms with Crippen molar-refractivity contribution < 1.29 is 4.74 Å². The van der Waals surface area contributed by atoms with E-state index in [4.69, 9.17) is 10.6 Å². The normalized spacial score (nSPS) is 10.5. The number of rotatable bonds is 6. The quantitative estimate of drug-likeness (QED) is 0.627. The van der Waals surface area contributed by atoms with Crippen LogP contribution in [0.3, 0.4) is 0 Å². The van der Waals surface area contributed by atoms with Crippen LogP contribution in [0.5, 0.6) is 6.01 Å². The minimum Gasteiger partial charge on any atom is -0.463 e. The molecule has 0 aliphatic carbocycles. The fraction of sp³-hybridized carbons (Fsp3) is 0.357. The molecule has 0 unspecified atom stereocenters. The number of nitrogen functional groups attached to an aromatic ring is 1. The van der Waals surface area contributed by atoms with Crippen LogP contribution in [0.25, 0.3) is 0 Å². The Labute approximate surface area is 128 Å². The Balaban J connectivity index is 2.23. The molecular weight excluding hydrogens is 286 g/mol. The van der Waals surface area contributed by atoms with Crippen molar-refractivity contribution >= 4 is 17.7 Å². The molecule has 0 fully saturated rings. The van der Waals surface area contributed by atoms with E-state index in [0.717, 1.165) is 11.3 Å². The van der Waals surface area contributed by atoms with Crippen molar-refractivity contribution in [2.24, 2.45) is 5.84 Å². The average molecular weight is 305 g/mol. The van der Waals surface area contributed by atoms with Gasteiger partial charge in [0.2, 0.25) is 11.1 Å². The first-order valence-electron chi connectivity index (χ1n) is 6.73. The summed E-state index contributed by atoms with van der Waals surface area (Å²) in [6.07, 6.45) is 0.886. The van der Waals surface area contributed by atoms with Crippen molar-refractivity contribution in [2.45, 2.75) is 37.2 Å². The van der Waals surface area contributed by atoms with Crippen LogP contribution in [-0.4, -0.2) is 21.6 Å². The van der Waals surface area contributed by atoms with E-state index in [2.05, 4.69) is 46.4 Å². The molecule has 21 heavy (non-hydrogen) atoms. The van der Waals surface area contributed by atoms with Gasteiger partial charge >= 0.3 is 6.01 Å². The van der Waals surface area contributed by atoms with Crippen LogP contribution >= 0.6 is 11.8 Å². The van der Waals surface area contributed by atoms with Crippen LogP contribution in [0, 0.1) is 13.8 Å². The SMILES string of the molecule is CCCOc1nc(NN)nc(Sc2ccc(C)c(C)c2)n1. The number of nitrogens with one attached hydrogen (secondary N) is 1. The molecule has 3 N–H and O–H groups in total. The van der Waals surface area contributed by atoms with Gasteiger partial charge in [-0.05, 0) is 55.3 Å². The first kappa shape index (κ1) is 15.5. The summed E-state index contributed by atoms with van der Waals surface area (Å²) in [5.74, 6) is 5.68. The number of nitrogens with two attached hydrogens (primary N) is 1. The Morgan fingerprint density at radius 3 is 2.67 bits per heavy atom. The molecule has 1 heterocycles. The zero-order valence-electron chi connectivity index (χ0n) is 12.4. The molecule has 0 aliphatic heterocycles. The summed E-state index contributed by atoms with van der Waals surface area (Å²) in [7, 11) is 0. The molecule has 0 saturated carbocycles. The molecule has 0 aliphatic rings. The van der Waals surface area contributed by atoms with Crippen LogP contribution in [0.1, 0.15) is 24.5 Å². The number of hydrogen-bond acceptors (Lipinski definition) is 7. The maximum atomic E-state index is 5.45. The van der Waals surface area contributed by atoms with E-state index < -0.39 is 0 Å². The number of hydrogen-bond donors (Lipinski definition) is 2. The standard InChI is InChI=1S/C14H19N5OS/c1-4-7-20-13-16-12(19-15)17-14(18-13)21-11-6-5-9(2)10(3)8-11/h5-6,8H,4,7,15H2,1-3H3,(H,16,17,18,19). The van der Waals surface area contributed by atoms with Gasteiger partial charge in [0.05, 0.1) is 6.61 Å². The fourth-order valence-electron chi connectivity index (χ4n) is 1.59. The van der Waals surface area contributed by atoms with Crippen molar-refractivity contribution in [1.29, 1.82) is 0 Å². The lowest BCUT2D eigenvalue weighted by Gasteiger charge is -2.08. The van der Waals surface area contributed by atoms with Gasteiger partial charge in [-0.2, -0.15) is 15.0 Å². The van der Waals surface area contributed by atoms with E-state index in [-0.39, 0.29) is 6.01 Å². The number of benzene rings is 1. The number of aryl methyl sites for hydroxylation is 2. The summed E-state index contributed by atoms with van der Waals surface area (Å²) in [5, 5.41) is 0.548. The second-order valence-corrected chi connectivity index (χ2v) is 5.61. The van der Waals surface area contributed by atoms with E-state index in [1.807, 2.05) is 13.0 Å². The topological polar surface area (TPSA) is 86.0 Å². The summed E-state index contributed by atoms with van der Waals surface area (Å²) in [4.78, 5) is 13.7. The molecule has 112 valence electrons. The van der Waals surface area contributed by atoms with E-state index in [9.17, 15) is 0 Å². The van der Waals surface area contributed by atoms with E-state index in [0.29, 0.717) is 17.7 Å². The number of anilines is 1. The Morgan fingerprint density at radius 2 is 2.00 bits per heavy atom. The lowest BCUT2D eigenvalue weighted by atomic mass is 10.1. The molecule has 0 saturated heterocycles. The highest BCUT2D eigenvalue weighted by molar-refractivity contribution is 7.99. The number of hydrazine groups is 1. The molecule has 0 spiro atoms. The Morgan fingerprint density at radius 1 is 1.19 bits per heavy atom. The van der Waals surface area contributed by atoms with Gasteiger partial charge in [-0.1, -0.05) is 13.0 Å². The van der Waals surface area contributed by atoms with Crippen molar-refractivity contribution in [3.8, 4) is 6.01 Å². The molecule has 0 amide bonds. The third-order valence-electron chi connectivity index (χ3n) is 2.85. The van der Waals surface area contributed by atoms with Crippen molar-refractivity contribution in [3.05, 3.63) is 29.3 Å². The monoisotopic (exact) mass is 305 g/mol. The van der Waals surface area contributed by atoms with Gasteiger partial charge in [0.25, 0.3) is 0 Å². The number of nitrogens with zero attached hydrogens (tertiary/aromatic N) is 3. The van der Waals surface area contributed by atoms with Crippen LogP contribution in [0.4, 0.5) is 5.95 Å². The van der Waals surface area contributed by atoms with Gasteiger partial charge in [-0.3, -0.25) is 5.43 Å². The van der Waals surface area contributed by atoms with Crippen LogP contribution in [0.15, 0.2) is 28.3 Å². The highest BCUT2D eigenvalue weighted by Crippen LogP contribution is 2.27. The third-order valence-corrected chi connectivity index (χ3v) is 3.70. The summed E-state index contributed by atoms with van der Waals surface area (Å²) in [6, 6.07) is 6.51. The van der Waals surface area contributed by atoms with E-state index in [1.165, 1.54) is 22.9 Å². The first-order chi connectivity index (χ1) is 10.1. The molecule has 7 heteroatoms. The van der Waals surface area contributed by atoms with Gasteiger partial charge in [0.1, 0.15) is 0 Å². The maximum Gasteiger partial charge on any atom is 0.322 e. The molecule has 2 aromatic rings.